The van der Waals surface area contributed by atoms with Crippen LogP contribution in [-0.2, 0) is 9.53 Å². The van der Waals surface area contributed by atoms with Crippen molar-refractivity contribution in [3.63, 3.8) is 0 Å². The number of aromatic nitrogens is 2. The topological polar surface area (TPSA) is 127 Å². The molecule has 10 nitrogen and oxygen atoms in total. The second-order valence-electron chi connectivity index (χ2n) is 9.73. The minimum absolute atomic E-state index is 0.107. The number of hydrogen-bond acceptors (Lipinski definition) is 8. The highest BCUT2D eigenvalue weighted by Crippen LogP contribution is 2.30. The summed E-state index contributed by atoms with van der Waals surface area (Å²) in [4.78, 5) is 41.5. The first-order chi connectivity index (χ1) is 16.2. The van der Waals surface area contributed by atoms with Crippen LogP contribution in [0.25, 0.3) is 0 Å². The van der Waals surface area contributed by atoms with Crippen LogP contribution in [0.3, 0.4) is 0 Å². The van der Waals surface area contributed by atoms with E-state index in [2.05, 4.69) is 20.8 Å². The Bertz CT molecular complexity index is 847. The van der Waals surface area contributed by atoms with Crippen LogP contribution >= 0.6 is 11.8 Å². The Labute approximate surface area is 205 Å². The minimum atomic E-state index is -1.04. The molecule has 190 valence electrons. The van der Waals surface area contributed by atoms with Crippen molar-refractivity contribution in [1.29, 1.82) is 0 Å². The predicted molar refractivity (Wildman–Crippen MR) is 128 cm³/mol. The Balaban J connectivity index is 1.76. The standard InChI is InChI=1S/C23H37N5O5S/c1-15(2)14-17(18(29)19-26-27-22(33-19)34-16(3)4)24-20(30)23(8-6-5-7-9-23)25-21(31)28-10-12-32-13-11-28/h15-17H,5-14H2,1-4H3,(H,24,30)(H,25,31)/t17-/m0/s1. The van der Waals surface area contributed by atoms with Crippen LogP contribution in [-0.4, -0.2) is 76.0 Å². The Hall–Kier alpha value is -2.14. The number of amides is 3. The van der Waals surface area contributed by atoms with Gasteiger partial charge in [-0.05, 0) is 25.2 Å². The summed E-state index contributed by atoms with van der Waals surface area (Å²) in [5.74, 6) is -0.698. The summed E-state index contributed by atoms with van der Waals surface area (Å²) in [7, 11) is 0. The molecule has 1 aromatic heterocycles. The number of morpholine rings is 1. The van der Waals surface area contributed by atoms with Crippen molar-refractivity contribution in [2.75, 3.05) is 26.3 Å². The zero-order chi connectivity index (χ0) is 24.7. The maximum atomic E-state index is 13.6. The molecule has 2 fully saturated rings. The van der Waals surface area contributed by atoms with Crippen molar-refractivity contribution >= 4 is 29.5 Å². The lowest BCUT2D eigenvalue weighted by Gasteiger charge is -2.39. The van der Waals surface area contributed by atoms with Crippen LogP contribution in [0.5, 0.6) is 0 Å². The summed E-state index contributed by atoms with van der Waals surface area (Å²) < 4.78 is 10.9. The molecule has 1 saturated heterocycles. The number of nitrogens with zero attached hydrogens (tertiary/aromatic N) is 3. The van der Waals surface area contributed by atoms with E-state index in [0.29, 0.717) is 50.8 Å². The average Bonchev–Trinajstić information content (AvgIpc) is 3.26. The fraction of sp³-hybridized carbons (Fsp3) is 0.783. The smallest absolute Gasteiger partial charge is 0.318 e. The first-order valence-electron chi connectivity index (χ1n) is 12.2. The lowest BCUT2D eigenvalue weighted by molar-refractivity contribution is -0.129. The molecule has 3 amide bonds. The van der Waals surface area contributed by atoms with Gasteiger partial charge in [-0.2, -0.15) is 0 Å². The summed E-state index contributed by atoms with van der Waals surface area (Å²) in [6.07, 6.45) is 4.17. The average molecular weight is 496 g/mol. The van der Waals surface area contributed by atoms with Crippen LogP contribution in [0.1, 0.15) is 76.9 Å². The molecule has 1 aliphatic heterocycles. The van der Waals surface area contributed by atoms with E-state index in [1.54, 1.807) is 4.90 Å². The van der Waals surface area contributed by atoms with Gasteiger partial charge >= 0.3 is 6.03 Å². The monoisotopic (exact) mass is 495 g/mol. The zero-order valence-corrected chi connectivity index (χ0v) is 21.4. The Morgan fingerprint density at radius 3 is 2.35 bits per heavy atom. The Morgan fingerprint density at radius 1 is 1.06 bits per heavy atom. The predicted octanol–water partition coefficient (Wildman–Crippen LogP) is 3.03. The van der Waals surface area contributed by atoms with Gasteiger partial charge in [0.15, 0.2) is 0 Å². The number of carbonyl (C=O) groups is 3. The van der Waals surface area contributed by atoms with Gasteiger partial charge in [0.2, 0.25) is 11.7 Å². The number of thioether (sulfide) groups is 1. The molecule has 0 spiro atoms. The van der Waals surface area contributed by atoms with Crippen LogP contribution < -0.4 is 10.6 Å². The fourth-order valence-electron chi connectivity index (χ4n) is 4.32. The van der Waals surface area contributed by atoms with Gasteiger partial charge in [0, 0.05) is 18.3 Å². The minimum Gasteiger partial charge on any atom is -0.408 e. The lowest BCUT2D eigenvalue weighted by Crippen LogP contribution is -2.64. The van der Waals surface area contributed by atoms with Gasteiger partial charge in [-0.15, -0.1) is 10.2 Å². The summed E-state index contributed by atoms with van der Waals surface area (Å²) in [5, 5.41) is 14.4. The SMILES string of the molecule is CC(C)C[C@H](NC(=O)C1(NC(=O)N2CCOCC2)CCCCC1)C(=O)c1nnc(SC(C)C)o1. The van der Waals surface area contributed by atoms with Gasteiger partial charge in [0.05, 0.1) is 19.3 Å². The molecule has 1 saturated carbocycles. The van der Waals surface area contributed by atoms with E-state index in [0.717, 1.165) is 19.3 Å². The lowest BCUT2D eigenvalue weighted by atomic mass is 9.80. The molecule has 1 aliphatic carbocycles. The van der Waals surface area contributed by atoms with Crippen molar-refractivity contribution in [3.05, 3.63) is 5.89 Å². The van der Waals surface area contributed by atoms with Crippen molar-refractivity contribution in [1.82, 2.24) is 25.7 Å². The molecule has 2 aliphatic rings. The van der Waals surface area contributed by atoms with E-state index in [-0.39, 0.29) is 29.0 Å². The molecule has 1 atom stereocenters. The molecule has 2 N–H and O–H groups in total. The van der Waals surface area contributed by atoms with E-state index in [4.69, 9.17) is 9.15 Å². The van der Waals surface area contributed by atoms with Crippen LogP contribution in [0.15, 0.2) is 9.64 Å². The number of ketones is 1. The van der Waals surface area contributed by atoms with E-state index >= 15 is 0 Å². The van der Waals surface area contributed by atoms with Crippen molar-refractivity contribution in [3.8, 4) is 0 Å². The zero-order valence-electron chi connectivity index (χ0n) is 20.6. The first-order valence-corrected chi connectivity index (χ1v) is 13.1. The van der Waals surface area contributed by atoms with Gasteiger partial charge in [-0.25, -0.2) is 4.79 Å². The maximum Gasteiger partial charge on any atom is 0.318 e. The van der Waals surface area contributed by atoms with E-state index < -0.39 is 17.4 Å². The largest absolute Gasteiger partial charge is 0.408 e. The molecule has 0 bridgehead atoms. The molecule has 0 aromatic carbocycles. The third-order valence-corrected chi connectivity index (χ3v) is 6.91. The van der Waals surface area contributed by atoms with Crippen molar-refractivity contribution in [2.45, 2.75) is 88.3 Å². The quantitative estimate of drug-likeness (QED) is 0.395. The maximum absolute atomic E-state index is 13.6. The molecular formula is C23H37N5O5S. The van der Waals surface area contributed by atoms with Gasteiger partial charge < -0.3 is 24.7 Å². The summed E-state index contributed by atoms with van der Waals surface area (Å²) in [6, 6.07) is -1.08. The third-order valence-electron chi connectivity index (χ3n) is 6.07. The number of Topliss-reactive ketones (excluding diaryl/α,β-unsaturated/α-hetero) is 1. The summed E-state index contributed by atoms with van der Waals surface area (Å²) in [5.41, 5.74) is -1.04. The van der Waals surface area contributed by atoms with Gasteiger partial charge in [-0.3, -0.25) is 9.59 Å². The molecule has 11 heteroatoms. The molecular weight excluding hydrogens is 458 g/mol. The number of urea groups is 1. The summed E-state index contributed by atoms with van der Waals surface area (Å²) >= 11 is 1.38. The number of rotatable bonds is 9. The second kappa shape index (κ2) is 12.0. The van der Waals surface area contributed by atoms with Crippen molar-refractivity contribution < 1.29 is 23.5 Å². The molecule has 34 heavy (non-hydrogen) atoms. The number of ether oxygens (including phenoxy) is 1. The van der Waals surface area contributed by atoms with E-state index in [1.165, 1.54) is 11.8 Å². The number of carbonyl (C=O) groups excluding carboxylic acids is 3. The molecule has 1 aromatic rings. The number of hydrogen-bond donors (Lipinski definition) is 2. The van der Waals surface area contributed by atoms with Gasteiger partial charge in [0.1, 0.15) is 5.54 Å². The third kappa shape index (κ3) is 6.94. The van der Waals surface area contributed by atoms with E-state index in [9.17, 15) is 14.4 Å². The van der Waals surface area contributed by atoms with Crippen LogP contribution in [0.2, 0.25) is 0 Å². The Kier molecular flexibility index (Phi) is 9.35. The normalized spacial score (nSPS) is 19.2. The first kappa shape index (κ1) is 26.5. The van der Waals surface area contributed by atoms with Crippen LogP contribution in [0, 0.1) is 5.92 Å². The fourth-order valence-corrected chi connectivity index (χ4v) is 4.94. The van der Waals surface area contributed by atoms with Gasteiger partial charge in [0.25, 0.3) is 11.1 Å². The highest BCUT2D eigenvalue weighted by molar-refractivity contribution is 7.99. The molecule has 0 unspecified atom stereocenters. The highest BCUT2D eigenvalue weighted by Gasteiger charge is 2.43. The molecule has 0 radical (unpaired) electrons. The Morgan fingerprint density at radius 2 is 1.74 bits per heavy atom. The second-order valence-corrected chi connectivity index (χ2v) is 11.3. The summed E-state index contributed by atoms with van der Waals surface area (Å²) in [6.45, 7) is 9.91. The van der Waals surface area contributed by atoms with Crippen LogP contribution in [0.4, 0.5) is 4.79 Å². The van der Waals surface area contributed by atoms with Crippen molar-refractivity contribution in [2.24, 2.45) is 5.92 Å². The molecule has 3 rings (SSSR count). The highest BCUT2D eigenvalue weighted by atomic mass is 32.2. The van der Waals surface area contributed by atoms with E-state index in [1.807, 2.05) is 27.7 Å². The molecule has 2 heterocycles. The number of nitrogens with one attached hydrogen (secondary N) is 2. The van der Waals surface area contributed by atoms with Gasteiger partial charge in [-0.1, -0.05) is 58.7 Å².